The van der Waals surface area contributed by atoms with E-state index in [1.54, 1.807) is 0 Å². The lowest BCUT2D eigenvalue weighted by molar-refractivity contribution is -0.0459. The highest BCUT2D eigenvalue weighted by atomic mass is 16.5. The van der Waals surface area contributed by atoms with Gasteiger partial charge in [-0.1, -0.05) is 19.8 Å². The summed E-state index contributed by atoms with van der Waals surface area (Å²) in [5.41, 5.74) is 0. The van der Waals surface area contributed by atoms with E-state index in [1.165, 1.54) is 32.1 Å². The van der Waals surface area contributed by atoms with Crippen LogP contribution in [0.1, 0.15) is 51.9 Å². The fourth-order valence-corrected chi connectivity index (χ4v) is 2.99. The second kappa shape index (κ2) is 4.99. The summed E-state index contributed by atoms with van der Waals surface area (Å²) in [4.78, 5) is 0. The van der Waals surface area contributed by atoms with Crippen molar-refractivity contribution < 1.29 is 4.74 Å². The molecule has 15 heavy (non-hydrogen) atoms. The number of ether oxygens (including phenoxy) is 1. The molecule has 84 valence electrons. The zero-order valence-corrected chi connectivity index (χ0v) is 9.61. The van der Waals surface area contributed by atoms with Gasteiger partial charge in [-0.25, -0.2) is 0 Å². The van der Waals surface area contributed by atoms with E-state index in [1.807, 2.05) is 0 Å². The Hall–Kier alpha value is -0.550. The van der Waals surface area contributed by atoms with Crippen molar-refractivity contribution >= 4 is 0 Å². The molecule has 2 saturated carbocycles. The molecule has 4 atom stereocenters. The summed E-state index contributed by atoms with van der Waals surface area (Å²) in [6, 6.07) is 2.39. The summed E-state index contributed by atoms with van der Waals surface area (Å²) in [7, 11) is 0. The van der Waals surface area contributed by atoms with Crippen molar-refractivity contribution in [1.29, 1.82) is 5.26 Å². The number of nitrogens with zero attached hydrogens (tertiary/aromatic N) is 1. The standard InChI is InChI=1S/C13H21NO/c1-10-4-2-6-12(8-10)15-13-7-3-5-11(13)9-14/h10-13H,2-8H2,1H3. The van der Waals surface area contributed by atoms with Gasteiger partial charge in [0.05, 0.1) is 24.2 Å². The quantitative estimate of drug-likeness (QED) is 0.696. The summed E-state index contributed by atoms with van der Waals surface area (Å²) in [5.74, 6) is 0.980. The van der Waals surface area contributed by atoms with Crippen LogP contribution in [0.3, 0.4) is 0 Å². The predicted octanol–water partition coefficient (Wildman–Crippen LogP) is 3.27. The van der Waals surface area contributed by atoms with Gasteiger partial charge in [0.25, 0.3) is 0 Å². The van der Waals surface area contributed by atoms with Crippen molar-refractivity contribution in [3.05, 3.63) is 0 Å². The first kappa shape index (κ1) is 11.0. The number of nitriles is 1. The molecule has 2 fully saturated rings. The van der Waals surface area contributed by atoms with Gasteiger partial charge < -0.3 is 4.74 Å². The summed E-state index contributed by atoms with van der Waals surface area (Å²) in [5, 5.41) is 8.99. The second-order valence-electron chi connectivity index (χ2n) is 5.23. The summed E-state index contributed by atoms with van der Waals surface area (Å²) >= 11 is 0. The van der Waals surface area contributed by atoms with E-state index >= 15 is 0 Å². The Morgan fingerprint density at radius 3 is 2.67 bits per heavy atom. The number of hydrogen-bond donors (Lipinski definition) is 0. The van der Waals surface area contributed by atoms with Crippen LogP contribution >= 0.6 is 0 Å². The average Bonchev–Trinajstić information content (AvgIpc) is 2.65. The Morgan fingerprint density at radius 2 is 1.93 bits per heavy atom. The molecule has 0 aliphatic heterocycles. The Bertz CT molecular complexity index is 245. The third-order valence-electron chi connectivity index (χ3n) is 3.87. The normalized spacial score (nSPS) is 41.3. The summed E-state index contributed by atoms with van der Waals surface area (Å²) < 4.78 is 6.10. The highest BCUT2D eigenvalue weighted by Crippen LogP contribution is 2.33. The SMILES string of the molecule is CC1CCCC(OC2CCCC2C#N)C1. The molecule has 0 N–H and O–H groups in total. The van der Waals surface area contributed by atoms with Crippen LogP contribution in [0.5, 0.6) is 0 Å². The average molecular weight is 207 g/mol. The van der Waals surface area contributed by atoms with E-state index in [-0.39, 0.29) is 12.0 Å². The summed E-state index contributed by atoms with van der Waals surface area (Å²) in [6.45, 7) is 2.31. The fourth-order valence-electron chi connectivity index (χ4n) is 2.99. The molecule has 0 spiro atoms. The molecule has 2 aliphatic rings. The molecular weight excluding hydrogens is 186 g/mol. The van der Waals surface area contributed by atoms with Gasteiger partial charge in [-0.05, 0) is 38.0 Å². The van der Waals surface area contributed by atoms with Gasteiger partial charge in [0.2, 0.25) is 0 Å². The fraction of sp³-hybridized carbons (Fsp3) is 0.923. The molecule has 0 amide bonds. The lowest BCUT2D eigenvalue weighted by Gasteiger charge is -2.30. The first-order valence-electron chi connectivity index (χ1n) is 6.34. The third kappa shape index (κ3) is 2.72. The predicted molar refractivity (Wildman–Crippen MR) is 59.2 cm³/mol. The van der Waals surface area contributed by atoms with Gasteiger partial charge in [-0.15, -0.1) is 0 Å². The van der Waals surface area contributed by atoms with Crippen molar-refractivity contribution in [1.82, 2.24) is 0 Å². The van der Waals surface area contributed by atoms with E-state index < -0.39 is 0 Å². The van der Waals surface area contributed by atoms with E-state index in [4.69, 9.17) is 10.00 Å². The van der Waals surface area contributed by atoms with Crippen LogP contribution in [0.4, 0.5) is 0 Å². The minimum Gasteiger partial charge on any atom is -0.374 e. The highest BCUT2D eigenvalue weighted by Gasteiger charge is 2.31. The van der Waals surface area contributed by atoms with E-state index in [9.17, 15) is 0 Å². The van der Waals surface area contributed by atoms with Crippen molar-refractivity contribution in [3.8, 4) is 6.07 Å². The smallest absolute Gasteiger partial charge is 0.0736 e. The minimum atomic E-state index is 0.169. The van der Waals surface area contributed by atoms with E-state index in [0.717, 1.165) is 18.8 Å². The van der Waals surface area contributed by atoms with Crippen LogP contribution < -0.4 is 0 Å². The molecule has 4 unspecified atom stereocenters. The van der Waals surface area contributed by atoms with Crippen molar-refractivity contribution in [2.24, 2.45) is 11.8 Å². The zero-order valence-electron chi connectivity index (χ0n) is 9.61. The van der Waals surface area contributed by atoms with Crippen molar-refractivity contribution in [2.75, 3.05) is 0 Å². The molecule has 2 aliphatic carbocycles. The Balaban J connectivity index is 1.83. The number of hydrogen-bond acceptors (Lipinski definition) is 2. The second-order valence-corrected chi connectivity index (χ2v) is 5.23. The number of rotatable bonds is 2. The lowest BCUT2D eigenvalue weighted by atomic mass is 9.88. The van der Waals surface area contributed by atoms with Crippen LogP contribution in [0, 0.1) is 23.2 Å². The first-order valence-corrected chi connectivity index (χ1v) is 6.34. The molecule has 0 aromatic heterocycles. The van der Waals surface area contributed by atoms with Crippen LogP contribution in [0.15, 0.2) is 0 Å². The molecule has 0 aromatic carbocycles. The molecule has 2 nitrogen and oxygen atoms in total. The van der Waals surface area contributed by atoms with Gasteiger partial charge in [-0.2, -0.15) is 5.26 Å². The highest BCUT2D eigenvalue weighted by molar-refractivity contribution is 4.94. The van der Waals surface area contributed by atoms with Crippen molar-refractivity contribution in [3.63, 3.8) is 0 Å². The monoisotopic (exact) mass is 207 g/mol. The minimum absolute atomic E-state index is 0.169. The maximum atomic E-state index is 8.99. The van der Waals surface area contributed by atoms with E-state index in [0.29, 0.717) is 6.10 Å². The molecule has 0 heterocycles. The molecule has 0 aromatic rings. The Morgan fingerprint density at radius 1 is 1.13 bits per heavy atom. The van der Waals surface area contributed by atoms with Crippen molar-refractivity contribution in [2.45, 2.75) is 64.1 Å². The third-order valence-corrected chi connectivity index (χ3v) is 3.87. The summed E-state index contributed by atoms with van der Waals surface area (Å²) in [6.07, 6.45) is 9.06. The molecule has 0 bridgehead atoms. The van der Waals surface area contributed by atoms with Gasteiger partial charge >= 0.3 is 0 Å². The molecular formula is C13H21NO. The topological polar surface area (TPSA) is 33.0 Å². The lowest BCUT2D eigenvalue weighted by Crippen LogP contribution is -2.28. The van der Waals surface area contributed by atoms with E-state index in [2.05, 4.69) is 13.0 Å². The Kier molecular flexibility index (Phi) is 3.64. The maximum Gasteiger partial charge on any atom is 0.0736 e. The molecule has 0 saturated heterocycles. The maximum absolute atomic E-state index is 8.99. The van der Waals surface area contributed by atoms with Gasteiger partial charge in [0.15, 0.2) is 0 Å². The van der Waals surface area contributed by atoms with Gasteiger partial charge in [0.1, 0.15) is 0 Å². The molecule has 2 heteroatoms. The van der Waals surface area contributed by atoms with Crippen LogP contribution in [-0.2, 0) is 4.74 Å². The van der Waals surface area contributed by atoms with Gasteiger partial charge in [-0.3, -0.25) is 0 Å². The van der Waals surface area contributed by atoms with Crippen LogP contribution in [-0.4, -0.2) is 12.2 Å². The largest absolute Gasteiger partial charge is 0.374 e. The van der Waals surface area contributed by atoms with Crippen LogP contribution in [0.2, 0.25) is 0 Å². The van der Waals surface area contributed by atoms with Crippen LogP contribution in [0.25, 0.3) is 0 Å². The Labute approximate surface area is 92.6 Å². The first-order chi connectivity index (χ1) is 7.29. The molecule has 0 radical (unpaired) electrons. The zero-order chi connectivity index (χ0) is 10.7. The molecule has 2 rings (SSSR count). The van der Waals surface area contributed by atoms with Gasteiger partial charge in [0, 0.05) is 0 Å².